The van der Waals surface area contributed by atoms with Gasteiger partial charge in [0, 0.05) is 43.9 Å². The minimum atomic E-state index is 1.00. The molecule has 0 unspecified atom stereocenters. The van der Waals surface area contributed by atoms with Crippen LogP contribution in [0.15, 0.2) is 60.7 Å². The van der Waals surface area contributed by atoms with Gasteiger partial charge in [-0.1, -0.05) is 42.5 Å². The molecule has 24 heavy (non-hydrogen) atoms. The molecule has 3 aromatic carbocycles. The Balaban J connectivity index is 2.10. The quantitative estimate of drug-likeness (QED) is 0.620. The van der Waals surface area contributed by atoms with Crippen LogP contribution in [0, 0.1) is 0 Å². The van der Waals surface area contributed by atoms with Gasteiger partial charge in [0.05, 0.1) is 0 Å². The predicted octanol–water partition coefficient (Wildman–Crippen LogP) is 5.42. The van der Waals surface area contributed by atoms with Gasteiger partial charge >= 0.3 is 0 Å². The van der Waals surface area contributed by atoms with E-state index in [0.717, 1.165) is 13.1 Å². The third kappa shape index (κ3) is 2.96. The van der Waals surface area contributed by atoms with Gasteiger partial charge in [-0.2, -0.15) is 0 Å². The van der Waals surface area contributed by atoms with Gasteiger partial charge in [0.2, 0.25) is 0 Å². The Bertz CT molecular complexity index is 821. The monoisotopic (exact) mass is 318 g/mol. The average molecular weight is 318 g/mol. The topological polar surface area (TPSA) is 6.48 Å². The number of anilines is 2. The summed E-state index contributed by atoms with van der Waals surface area (Å²) in [6.45, 7) is 6.37. The first-order valence-corrected chi connectivity index (χ1v) is 8.70. The van der Waals surface area contributed by atoms with Gasteiger partial charge in [-0.25, -0.2) is 0 Å². The molecule has 0 aliphatic rings. The molecule has 0 spiro atoms. The second-order valence-electron chi connectivity index (χ2n) is 6.25. The van der Waals surface area contributed by atoms with Crippen LogP contribution < -0.4 is 9.80 Å². The van der Waals surface area contributed by atoms with Crippen LogP contribution in [0.3, 0.4) is 0 Å². The zero-order valence-corrected chi connectivity index (χ0v) is 15.1. The summed E-state index contributed by atoms with van der Waals surface area (Å²) in [5.74, 6) is 0. The lowest BCUT2D eigenvalue weighted by atomic mass is 9.96. The van der Waals surface area contributed by atoms with E-state index in [1.54, 1.807) is 0 Å². The van der Waals surface area contributed by atoms with Crippen LogP contribution in [-0.4, -0.2) is 27.2 Å². The molecular weight excluding hydrogens is 292 g/mol. The summed E-state index contributed by atoms with van der Waals surface area (Å²) >= 11 is 0. The van der Waals surface area contributed by atoms with Gasteiger partial charge < -0.3 is 9.80 Å². The number of fused-ring (bicyclic) bond motifs is 1. The highest BCUT2D eigenvalue weighted by atomic mass is 15.1. The summed E-state index contributed by atoms with van der Waals surface area (Å²) in [5.41, 5.74) is 5.11. The SMILES string of the molecule is CCN(C)c1ccc(-c2ccc(N(C)CC)c3ccccc23)cc1. The molecule has 0 aromatic heterocycles. The van der Waals surface area contributed by atoms with Gasteiger partial charge in [0.15, 0.2) is 0 Å². The molecule has 2 nitrogen and oxygen atoms in total. The van der Waals surface area contributed by atoms with E-state index in [4.69, 9.17) is 0 Å². The first-order valence-electron chi connectivity index (χ1n) is 8.70. The highest BCUT2D eigenvalue weighted by molar-refractivity contribution is 6.03. The van der Waals surface area contributed by atoms with Crippen molar-refractivity contribution < 1.29 is 0 Å². The lowest BCUT2D eigenvalue weighted by Crippen LogP contribution is -2.16. The fraction of sp³-hybridized carbons (Fsp3) is 0.273. The van der Waals surface area contributed by atoms with Gasteiger partial charge in [-0.05, 0) is 48.6 Å². The second-order valence-corrected chi connectivity index (χ2v) is 6.25. The van der Waals surface area contributed by atoms with Crippen molar-refractivity contribution in [3.63, 3.8) is 0 Å². The zero-order chi connectivity index (χ0) is 17.1. The molecule has 0 atom stereocenters. The van der Waals surface area contributed by atoms with Crippen molar-refractivity contribution in [1.29, 1.82) is 0 Å². The Morgan fingerprint density at radius 1 is 0.667 bits per heavy atom. The van der Waals surface area contributed by atoms with E-state index in [0.29, 0.717) is 0 Å². The highest BCUT2D eigenvalue weighted by Crippen LogP contribution is 2.35. The summed E-state index contributed by atoms with van der Waals surface area (Å²) in [6, 6.07) is 22.1. The molecule has 3 rings (SSSR count). The predicted molar refractivity (Wildman–Crippen MR) is 107 cm³/mol. The number of hydrogen-bond donors (Lipinski definition) is 0. The van der Waals surface area contributed by atoms with Crippen molar-refractivity contribution in [3.8, 4) is 11.1 Å². The summed E-state index contributed by atoms with van der Waals surface area (Å²) < 4.78 is 0. The van der Waals surface area contributed by atoms with Crippen LogP contribution in [-0.2, 0) is 0 Å². The smallest absolute Gasteiger partial charge is 0.0443 e. The van der Waals surface area contributed by atoms with E-state index in [9.17, 15) is 0 Å². The van der Waals surface area contributed by atoms with Gasteiger partial charge in [0.1, 0.15) is 0 Å². The zero-order valence-electron chi connectivity index (χ0n) is 15.1. The Morgan fingerprint density at radius 3 is 1.92 bits per heavy atom. The van der Waals surface area contributed by atoms with Gasteiger partial charge in [-0.15, -0.1) is 0 Å². The van der Waals surface area contributed by atoms with Crippen molar-refractivity contribution in [2.45, 2.75) is 13.8 Å². The van der Waals surface area contributed by atoms with Crippen molar-refractivity contribution in [2.24, 2.45) is 0 Å². The third-order valence-corrected chi connectivity index (χ3v) is 4.88. The van der Waals surface area contributed by atoms with E-state index in [1.165, 1.54) is 33.3 Å². The third-order valence-electron chi connectivity index (χ3n) is 4.88. The maximum Gasteiger partial charge on any atom is 0.0443 e. The lowest BCUT2D eigenvalue weighted by Gasteiger charge is -2.21. The Hall–Kier alpha value is -2.48. The molecule has 0 heterocycles. The minimum absolute atomic E-state index is 1.00. The average Bonchev–Trinajstić information content (AvgIpc) is 2.66. The van der Waals surface area contributed by atoms with Crippen LogP contribution in [0.5, 0.6) is 0 Å². The summed E-state index contributed by atoms with van der Waals surface area (Å²) in [7, 11) is 4.27. The van der Waals surface area contributed by atoms with Crippen LogP contribution in [0.1, 0.15) is 13.8 Å². The highest BCUT2D eigenvalue weighted by Gasteiger charge is 2.10. The molecule has 124 valence electrons. The first-order chi connectivity index (χ1) is 11.7. The first kappa shape index (κ1) is 16.4. The van der Waals surface area contributed by atoms with Crippen molar-refractivity contribution in [3.05, 3.63) is 60.7 Å². The molecule has 0 N–H and O–H groups in total. The normalized spacial score (nSPS) is 10.8. The molecule has 3 aromatic rings. The van der Waals surface area contributed by atoms with E-state index in [2.05, 4.69) is 98.4 Å². The molecule has 2 heteroatoms. The number of benzene rings is 3. The van der Waals surface area contributed by atoms with E-state index in [1.807, 2.05) is 0 Å². The fourth-order valence-electron chi connectivity index (χ4n) is 3.12. The molecule has 0 radical (unpaired) electrons. The molecule has 0 bridgehead atoms. The molecule has 0 amide bonds. The Kier molecular flexibility index (Phi) is 4.75. The summed E-state index contributed by atoms with van der Waals surface area (Å²) in [4.78, 5) is 4.55. The lowest BCUT2D eigenvalue weighted by molar-refractivity contribution is 0.968. The van der Waals surface area contributed by atoms with Gasteiger partial charge in [0.25, 0.3) is 0 Å². The summed E-state index contributed by atoms with van der Waals surface area (Å²) in [5, 5.41) is 2.63. The van der Waals surface area contributed by atoms with Crippen molar-refractivity contribution in [1.82, 2.24) is 0 Å². The number of hydrogen-bond acceptors (Lipinski definition) is 2. The van der Waals surface area contributed by atoms with Gasteiger partial charge in [-0.3, -0.25) is 0 Å². The molecule has 0 saturated heterocycles. The molecule has 0 fully saturated rings. The second kappa shape index (κ2) is 6.96. The van der Waals surface area contributed by atoms with Crippen LogP contribution in [0.2, 0.25) is 0 Å². The van der Waals surface area contributed by atoms with E-state index < -0.39 is 0 Å². The van der Waals surface area contributed by atoms with Crippen LogP contribution in [0.4, 0.5) is 11.4 Å². The summed E-state index contributed by atoms with van der Waals surface area (Å²) in [6.07, 6.45) is 0. The van der Waals surface area contributed by atoms with Crippen molar-refractivity contribution in [2.75, 3.05) is 37.0 Å². The largest absolute Gasteiger partial charge is 0.375 e. The molecule has 0 aliphatic carbocycles. The van der Waals surface area contributed by atoms with E-state index >= 15 is 0 Å². The number of nitrogens with zero attached hydrogens (tertiary/aromatic N) is 2. The number of rotatable bonds is 5. The minimum Gasteiger partial charge on any atom is -0.375 e. The molecule has 0 saturated carbocycles. The standard InChI is InChI=1S/C22H26N2/c1-5-23(3)18-13-11-17(12-14-18)19-15-16-22(24(4)6-2)21-10-8-7-9-20(19)21/h7-16H,5-6H2,1-4H3. The van der Waals surface area contributed by atoms with Crippen molar-refractivity contribution >= 4 is 22.1 Å². The maximum atomic E-state index is 2.30. The molecular formula is C22H26N2. The Morgan fingerprint density at radius 2 is 1.29 bits per heavy atom. The fourth-order valence-corrected chi connectivity index (χ4v) is 3.12. The Labute approximate surface area is 145 Å². The van der Waals surface area contributed by atoms with Crippen LogP contribution in [0.25, 0.3) is 21.9 Å². The van der Waals surface area contributed by atoms with Crippen LogP contribution >= 0.6 is 0 Å². The maximum absolute atomic E-state index is 2.30. The molecule has 0 aliphatic heterocycles. The van der Waals surface area contributed by atoms with E-state index in [-0.39, 0.29) is 0 Å².